The van der Waals surface area contributed by atoms with Gasteiger partial charge in [-0.25, -0.2) is 9.97 Å². The van der Waals surface area contributed by atoms with Crippen LogP contribution in [0.3, 0.4) is 0 Å². The average Bonchev–Trinajstić information content (AvgIpc) is 2.91. The molecular formula is C8H7Cl2N3O. The topological polar surface area (TPSA) is 68.9 Å². The molecule has 1 heterocycles. The molecule has 6 heteroatoms. The largest absolute Gasteiger partial charge is 0.382 e. The van der Waals surface area contributed by atoms with Gasteiger partial charge in [0.25, 0.3) is 5.24 Å². The standard InChI is InChI=1S/C8H7Cl2N3O/c9-4-5(6(10)14)12-8(3-1-2-3)13-7(4)11/h3H,1-2H2,(H2,11,12,13). The highest BCUT2D eigenvalue weighted by molar-refractivity contribution is 6.68. The highest BCUT2D eigenvalue weighted by atomic mass is 35.5. The number of aromatic nitrogens is 2. The molecule has 1 aromatic rings. The quantitative estimate of drug-likeness (QED) is 0.791. The summed E-state index contributed by atoms with van der Waals surface area (Å²) in [4.78, 5) is 18.9. The SMILES string of the molecule is Nc1nc(C2CC2)nc(C(=O)Cl)c1Cl. The van der Waals surface area contributed by atoms with E-state index in [9.17, 15) is 4.79 Å². The molecule has 0 radical (unpaired) electrons. The van der Waals surface area contributed by atoms with Gasteiger partial charge < -0.3 is 5.73 Å². The van der Waals surface area contributed by atoms with E-state index in [1.54, 1.807) is 0 Å². The Balaban J connectivity index is 2.51. The van der Waals surface area contributed by atoms with Crippen LogP contribution in [0.2, 0.25) is 5.02 Å². The van der Waals surface area contributed by atoms with Crippen molar-refractivity contribution in [2.75, 3.05) is 5.73 Å². The van der Waals surface area contributed by atoms with E-state index in [1.165, 1.54) is 0 Å². The second kappa shape index (κ2) is 3.37. The number of rotatable bonds is 2. The maximum Gasteiger partial charge on any atom is 0.272 e. The molecule has 1 fully saturated rings. The van der Waals surface area contributed by atoms with Crippen LogP contribution in [0.1, 0.15) is 35.1 Å². The maximum absolute atomic E-state index is 10.9. The van der Waals surface area contributed by atoms with Crippen molar-refractivity contribution in [2.24, 2.45) is 0 Å². The van der Waals surface area contributed by atoms with Crippen LogP contribution in [0.15, 0.2) is 0 Å². The molecule has 2 rings (SSSR count). The Morgan fingerprint density at radius 1 is 1.43 bits per heavy atom. The summed E-state index contributed by atoms with van der Waals surface area (Å²) in [6.07, 6.45) is 2.05. The second-order valence-corrected chi connectivity index (χ2v) is 3.90. The summed E-state index contributed by atoms with van der Waals surface area (Å²) in [6.45, 7) is 0. The van der Waals surface area contributed by atoms with Gasteiger partial charge in [-0.2, -0.15) is 0 Å². The number of nitrogens with zero attached hydrogens (tertiary/aromatic N) is 2. The molecule has 14 heavy (non-hydrogen) atoms. The van der Waals surface area contributed by atoms with Gasteiger partial charge in [0.2, 0.25) is 0 Å². The Morgan fingerprint density at radius 2 is 2.07 bits per heavy atom. The third kappa shape index (κ3) is 1.67. The van der Waals surface area contributed by atoms with Crippen molar-refractivity contribution in [3.8, 4) is 0 Å². The summed E-state index contributed by atoms with van der Waals surface area (Å²) >= 11 is 11.0. The Labute approximate surface area is 90.4 Å². The molecule has 74 valence electrons. The molecule has 0 bridgehead atoms. The molecule has 1 aromatic heterocycles. The molecular weight excluding hydrogens is 225 g/mol. The lowest BCUT2D eigenvalue weighted by Gasteiger charge is -2.04. The Kier molecular flexibility index (Phi) is 2.33. The zero-order valence-corrected chi connectivity index (χ0v) is 8.64. The number of carbonyl (C=O) groups excluding carboxylic acids is 1. The van der Waals surface area contributed by atoms with Crippen LogP contribution < -0.4 is 5.73 Å². The van der Waals surface area contributed by atoms with E-state index < -0.39 is 5.24 Å². The second-order valence-electron chi connectivity index (χ2n) is 3.18. The minimum absolute atomic E-state index is 0.00253. The minimum Gasteiger partial charge on any atom is -0.382 e. The smallest absolute Gasteiger partial charge is 0.272 e. The Morgan fingerprint density at radius 3 is 2.57 bits per heavy atom. The lowest BCUT2D eigenvalue weighted by molar-refractivity contribution is 0.107. The molecule has 1 aliphatic carbocycles. The van der Waals surface area contributed by atoms with Crippen molar-refractivity contribution in [3.63, 3.8) is 0 Å². The first-order valence-corrected chi connectivity index (χ1v) is 4.88. The number of carbonyl (C=O) groups is 1. The van der Waals surface area contributed by atoms with Crippen molar-refractivity contribution in [2.45, 2.75) is 18.8 Å². The molecule has 4 nitrogen and oxygen atoms in total. The fourth-order valence-corrected chi connectivity index (χ4v) is 1.49. The first-order chi connectivity index (χ1) is 6.59. The minimum atomic E-state index is -0.703. The van der Waals surface area contributed by atoms with Crippen molar-refractivity contribution < 1.29 is 4.79 Å². The van der Waals surface area contributed by atoms with Crippen LogP contribution in [-0.4, -0.2) is 15.2 Å². The normalized spacial score (nSPS) is 15.6. The first kappa shape index (κ1) is 9.68. The van der Waals surface area contributed by atoms with E-state index in [1.807, 2.05) is 0 Å². The summed E-state index contributed by atoms with van der Waals surface area (Å²) in [6, 6.07) is 0. The Bertz CT molecular complexity index is 404. The van der Waals surface area contributed by atoms with E-state index in [0.29, 0.717) is 11.7 Å². The van der Waals surface area contributed by atoms with Crippen LogP contribution in [0, 0.1) is 0 Å². The highest BCUT2D eigenvalue weighted by Crippen LogP contribution is 2.39. The lowest BCUT2D eigenvalue weighted by Crippen LogP contribution is -2.06. The first-order valence-electron chi connectivity index (χ1n) is 4.12. The number of hydrogen-bond acceptors (Lipinski definition) is 4. The molecule has 0 atom stereocenters. The molecule has 0 aliphatic heterocycles. The fraction of sp³-hybridized carbons (Fsp3) is 0.375. The highest BCUT2D eigenvalue weighted by Gasteiger charge is 2.29. The van der Waals surface area contributed by atoms with Gasteiger partial charge in [-0.3, -0.25) is 4.79 Å². The molecule has 0 aromatic carbocycles. The predicted octanol–water partition coefficient (Wildman–Crippen LogP) is 1.97. The van der Waals surface area contributed by atoms with E-state index >= 15 is 0 Å². The summed E-state index contributed by atoms with van der Waals surface area (Å²) in [7, 11) is 0. The third-order valence-electron chi connectivity index (χ3n) is 2.02. The van der Waals surface area contributed by atoms with Gasteiger partial charge in [0.05, 0.1) is 0 Å². The third-order valence-corrected chi connectivity index (χ3v) is 2.57. The van der Waals surface area contributed by atoms with Crippen molar-refractivity contribution >= 4 is 34.3 Å². The number of nitrogen functional groups attached to an aromatic ring is 1. The lowest BCUT2D eigenvalue weighted by atomic mass is 10.3. The molecule has 0 spiro atoms. The fourth-order valence-electron chi connectivity index (χ4n) is 1.14. The monoisotopic (exact) mass is 231 g/mol. The molecule has 2 N–H and O–H groups in total. The number of nitrogens with two attached hydrogens (primary N) is 1. The molecule has 0 amide bonds. The van der Waals surface area contributed by atoms with E-state index in [0.717, 1.165) is 12.8 Å². The van der Waals surface area contributed by atoms with E-state index in [4.69, 9.17) is 28.9 Å². The van der Waals surface area contributed by atoms with Crippen molar-refractivity contribution in [3.05, 3.63) is 16.5 Å². The molecule has 1 aliphatic rings. The van der Waals surface area contributed by atoms with Crippen LogP contribution in [-0.2, 0) is 0 Å². The molecule has 1 saturated carbocycles. The van der Waals surface area contributed by atoms with Crippen LogP contribution >= 0.6 is 23.2 Å². The van der Waals surface area contributed by atoms with Gasteiger partial charge in [0.1, 0.15) is 22.4 Å². The van der Waals surface area contributed by atoms with Crippen LogP contribution in [0.4, 0.5) is 5.82 Å². The van der Waals surface area contributed by atoms with Crippen molar-refractivity contribution in [1.29, 1.82) is 0 Å². The van der Waals surface area contributed by atoms with Gasteiger partial charge in [0, 0.05) is 5.92 Å². The van der Waals surface area contributed by atoms with Gasteiger partial charge in [0.15, 0.2) is 0 Å². The van der Waals surface area contributed by atoms with Gasteiger partial charge in [-0.15, -0.1) is 0 Å². The van der Waals surface area contributed by atoms with E-state index in [-0.39, 0.29) is 16.5 Å². The van der Waals surface area contributed by atoms with E-state index in [2.05, 4.69) is 9.97 Å². The zero-order valence-electron chi connectivity index (χ0n) is 7.13. The summed E-state index contributed by atoms with van der Waals surface area (Å²) in [5.74, 6) is 0.993. The van der Waals surface area contributed by atoms with Crippen molar-refractivity contribution in [1.82, 2.24) is 9.97 Å². The van der Waals surface area contributed by atoms with Crippen LogP contribution in [0.5, 0.6) is 0 Å². The van der Waals surface area contributed by atoms with Crippen LogP contribution in [0.25, 0.3) is 0 Å². The maximum atomic E-state index is 10.9. The Hall–Kier alpha value is -0.870. The average molecular weight is 232 g/mol. The molecule has 0 unspecified atom stereocenters. The predicted molar refractivity (Wildman–Crippen MR) is 53.6 cm³/mol. The zero-order chi connectivity index (χ0) is 10.3. The van der Waals surface area contributed by atoms with Gasteiger partial charge in [-0.1, -0.05) is 11.6 Å². The van der Waals surface area contributed by atoms with Gasteiger partial charge >= 0.3 is 0 Å². The summed E-state index contributed by atoms with van der Waals surface area (Å²) < 4.78 is 0. The van der Waals surface area contributed by atoms with Gasteiger partial charge in [-0.05, 0) is 24.4 Å². The summed E-state index contributed by atoms with van der Waals surface area (Å²) in [5, 5.41) is -0.666. The number of anilines is 1. The molecule has 0 saturated heterocycles. The number of hydrogen-bond donors (Lipinski definition) is 1. The number of halogens is 2. The summed E-state index contributed by atoms with van der Waals surface area (Å²) in [5.41, 5.74) is 5.53.